The van der Waals surface area contributed by atoms with Crippen LogP contribution in [0.1, 0.15) is 84.0 Å². The number of aliphatic hydroxyl groups is 1. The summed E-state index contributed by atoms with van der Waals surface area (Å²) >= 11 is 0. The molecule has 0 aliphatic heterocycles. The van der Waals surface area contributed by atoms with Crippen LogP contribution < -0.4 is 0 Å². The van der Waals surface area contributed by atoms with Crippen LogP contribution in [0.2, 0.25) is 25.7 Å². The molecule has 0 aliphatic carbocycles. The van der Waals surface area contributed by atoms with E-state index in [0.29, 0.717) is 0 Å². The van der Waals surface area contributed by atoms with E-state index in [1.54, 1.807) is 0 Å². The van der Waals surface area contributed by atoms with Crippen molar-refractivity contribution in [2.24, 2.45) is 5.92 Å². The monoisotopic (exact) mass is 384 g/mol. The Morgan fingerprint density at radius 1 is 0.923 bits per heavy atom. The number of aliphatic carboxylic acids is 1. The quantitative estimate of drug-likeness (QED) is 0.168. The number of rotatable bonds is 17. The lowest BCUT2D eigenvalue weighted by Crippen LogP contribution is -2.28. The highest BCUT2D eigenvalue weighted by Crippen LogP contribution is 2.22. The van der Waals surface area contributed by atoms with Crippen molar-refractivity contribution in [3.63, 3.8) is 0 Å². The van der Waals surface area contributed by atoms with E-state index in [9.17, 15) is 15.0 Å². The van der Waals surface area contributed by atoms with E-state index >= 15 is 0 Å². The van der Waals surface area contributed by atoms with Crippen LogP contribution in [0.25, 0.3) is 0 Å². The van der Waals surface area contributed by atoms with Crippen molar-refractivity contribution in [1.29, 1.82) is 0 Å². The van der Waals surface area contributed by atoms with Gasteiger partial charge in [0.05, 0.1) is 12.0 Å². The number of hydrogen-bond acceptors (Lipinski definition) is 2. The lowest BCUT2D eigenvalue weighted by Gasteiger charge is -2.21. The van der Waals surface area contributed by atoms with Crippen LogP contribution in [-0.2, 0) is 4.79 Å². The minimum atomic E-state index is -1.31. The van der Waals surface area contributed by atoms with E-state index in [4.69, 9.17) is 0 Å². The first kappa shape index (κ1) is 25.4. The van der Waals surface area contributed by atoms with Gasteiger partial charge in [0.2, 0.25) is 0 Å². The van der Waals surface area contributed by atoms with E-state index in [-0.39, 0.29) is 12.0 Å². The number of carbonyl (C=O) groups is 1. The smallest absolute Gasteiger partial charge is 0.306 e. The van der Waals surface area contributed by atoms with Gasteiger partial charge in [-0.3, -0.25) is 4.79 Å². The minimum Gasteiger partial charge on any atom is -0.481 e. The van der Waals surface area contributed by atoms with Gasteiger partial charge in [-0.2, -0.15) is 0 Å². The summed E-state index contributed by atoms with van der Waals surface area (Å²) in [5.74, 6) is -0.746. The fourth-order valence-corrected chi connectivity index (χ4v) is 5.21. The largest absolute Gasteiger partial charge is 0.481 e. The molecule has 3 nitrogen and oxygen atoms in total. The molecule has 154 valence electrons. The Labute approximate surface area is 163 Å². The molecule has 0 radical (unpaired) electrons. The Bertz CT molecular complexity index is 374. The zero-order valence-electron chi connectivity index (χ0n) is 17.8. The molecule has 26 heavy (non-hydrogen) atoms. The first-order valence-electron chi connectivity index (χ1n) is 10.8. The molecule has 0 aliphatic rings. The van der Waals surface area contributed by atoms with Crippen molar-refractivity contribution in [2.45, 2.75) is 116 Å². The molecule has 0 aromatic carbocycles. The van der Waals surface area contributed by atoms with Crippen molar-refractivity contribution in [3.05, 3.63) is 12.2 Å². The zero-order valence-corrected chi connectivity index (χ0v) is 18.8. The third-order valence-corrected chi connectivity index (χ3v) is 6.56. The predicted molar refractivity (Wildman–Crippen MR) is 116 cm³/mol. The molecular weight excluding hydrogens is 340 g/mol. The zero-order chi connectivity index (χ0) is 19.8. The molecule has 0 saturated heterocycles. The molecule has 2 N–H and O–H groups in total. The Morgan fingerprint density at radius 2 is 1.54 bits per heavy atom. The highest BCUT2D eigenvalue weighted by molar-refractivity contribution is 6.76. The molecule has 0 rings (SSSR count). The molecule has 2 atom stereocenters. The molecule has 0 saturated carbocycles. The second-order valence-electron chi connectivity index (χ2n) is 9.00. The van der Waals surface area contributed by atoms with Crippen LogP contribution in [-0.4, -0.2) is 30.4 Å². The van der Waals surface area contributed by atoms with Crippen molar-refractivity contribution in [2.75, 3.05) is 0 Å². The molecule has 0 heterocycles. The van der Waals surface area contributed by atoms with E-state index in [0.717, 1.165) is 57.4 Å². The summed E-state index contributed by atoms with van der Waals surface area (Å²) in [5, 5.41) is 19.3. The first-order valence-corrected chi connectivity index (χ1v) is 14.5. The molecule has 1 unspecified atom stereocenters. The van der Waals surface area contributed by atoms with E-state index in [1.807, 2.05) is 0 Å². The van der Waals surface area contributed by atoms with E-state index in [1.165, 1.54) is 25.7 Å². The summed E-state index contributed by atoms with van der Waals surface area (Å²) in [4.78, 5) is 11.4. The Balaban J connectivity index is 3.63. The molecular formula is C22H44O3Si. The number of unbranched alkanes of at least 4 members (excludes halogenated alkanes) is 7. The lowest BCUT2D eigenvalue weighted by atomic mass is 10.0. The summed E-state index contributed by atoms with van der Waals surface area (Å²) in [6.45, 7) is 8.95. The van der Waals surface area contributed by atoms with Gasteiger partial charge in [-0.1, -0.05) is 83.7 Å². The van der Waals surface area contributed by atoms with Gasteiger partial charge >= 0.3 is 5.97 Å². The predicted octanol–water partition coefficient (Wildman–Crippen LogP) is 6.64. The summed E-state index contributed by atoms with van der Waals surface area (Å²) < 4.78 is 0. The SMILES string of the molecule is CCCCCC[C@@H](O)C/C=C\CCCCCCC(C[Si](C)(C)C)C(=O)O. The van der Waals surface area contributed by atoms with Gasteiger partial charge in [-0.15, -0.1) is 0 Å². The van der Waals surface area contributed by atoms with Gasteiger partial charge < -0.3 is 10.2 Å². The maximum absolute atomic E-state index is 11.4. The summed E-state index contributed by atoms with van der Waals surface area (Å²) in [6, 6.07) is 0.895. The fourth-order valence-electron chi connectivity index (χ4n) is 3.35. The highest BCUT2D eigenvalue weighted by atomic mass is 28.3. The Kier molecular flexibility index (Phi) is 15.1. The average molecular weight is 385 g/mol. The van der Waals surface area contributed by atoms with E-state index in [2.05, 4.69) is 38.7 Å². The van der Waals surface area contributed by atoms with Crippen molar-refractivity contribution in [1.82, 2.24) is 0 Å². The second kappa shape index (κ2) is 15.4. The van der Waals surface area contributed by atoms with Gasteiger partial charge in [0.15, 0.2) is 0 Å². The van der Waals surface area contributed by atoms with Gasteiger partial charge in [0, 0.05) is 8.07 Å². The Hall–Kier alpha value is -0.613. The summed E-state index contributed by atoms with van der Waals surface area (Å²) in [7, 11) is -1.31. The molecule has 0 aromatic rings. The normalized spacial score (nSPS) is 14.7. The summed E-state index contributed by atoms with van der Waals surface area (Å²) in [6.07, 6.45) is 17.1. The third kappa shape index (κ3) is 16.8. The highest BCUT2D eigenvalue weighted by Gasteiger charge is 2.25. The molecule has 4 heteroatoms. The molecule has 0 fully saturated rings. The maximum Gasteiger partial charge on any atom is 0.306 e. The van der Waals surface area contributed by atoms with Crippen LogP contribution in [0.3, 0.4) is 0 Å². The van der Waals surface area contributed by atoms with Crippen LogP contribution in [0, 0.1) is 5.92 Å². The number of carboxylic acids is 1. The second-order valence-corrected chi connectivity index (χ2v) is 14.5. The average Bonchev–Trinajstić information content (AvgIpc) is 2.55. The van der Waals surface area contributed by atoms with Crippen molar-refractivity contribution < 1.29 is 15.0 Å². The lowest BCUT2D eigenvalue weighted by molar-refractivity contribution is -0.141. The molecule has 0 bridgehead atoms. The van der Waals surface area contributed by atoms with Gasteiger partial charge in [0.1, 0.15) is 0 Å². The number of aliphatic hydroxyl groups excluding tert-OH is 1. The van der Waals surface area contributed by atoms with Crippen LogP contribution in [0.15, 0.2) is 12.2 Å². The number of allylic oxidation sites excluding steroid dienone is 1. The minimum absolute atomic E-state index is 0.139. The number of hydrogen-bond donors (Lipinski definition) is 2. The summed E-state index contributed by atoms with van der Waals surface area (Å²) in [5.41, 5.74) is 0. The third-order valence-electron chi connectivity index (χ3n) is 4.85. The fraction of sp³-hybridized carbons (Fsp3) is 0.864. The molecule has 0 aromatic heterocycles. The maximum atomic E-state index is 11.4. The van der Waals surface area contributed by atoms with Crippen molar-refractivity contribution in [3.8, 4) is 0 Å². The molecule has 0 spiro atoms. The van der Waals surface area contributed by atoms with Crippen molar-refractivity contribution >= 4 is 14.0 Å². The van der Waals surface area contributed by atoms with Crippen LogP contribution >= 0.6 is 0 Å². The van der Waals surface area contributed by atoms with Crippen LogP contribution in [0.5, 0.6) is 0 Å². The topological polar surface area (TPSA) is 57.5 Å². The Morgan fingerprint density at radius 3 is 2.15 bits per heavy atom. The van der Waals surface area contributed by atoms with E-state index < -0.39 is 14.0 Å². The van der Waals surface area contributed by atoms with Crippen LogP contribution in [0.4, 0.5) is 0 Å². The molecule has 0 amide bonds. The number of carboxylic acid groups (broad SMARTS) is 1. The first-order chi connectivity index (χ1) is 12.3. The standard InChI is InChI=1S/C22H44O3Si/c1-5-6-7-14-17-21(23)18-15-12-10-8-9-11-13-16-20(22(24)25)19-26(2,3)4/h12,15,20-21,23H,5-11,13-14,16-19H2,1-4H3,(H,24,25)/b15-12-/t20?,21-/m1/s1. The van der Waals surface area contributed by atoms with Gasteiger partial charge in [-0.25, -0.2) is 0 Å². The van der Waals surface area contributed by atoms with Gasteiger partial charge in [0.25, 0.3) is 0 Å². The van der Waals surface area contributed by atoms with Gasteiger partial charge in [-0.05, 0) is 38.1 Å².